The van der Waals surface area contributed by atoms with Gasteiger partial charge < -0.3 is 10.1 Å². The van der Waals surface area contributed by atoms with E-state index in [-0.39, 0.29) is 18.3 Å². The summed E-state index contributed by atoms with van der Waals surface area (Å²) in [4.78, 5) is 15.2. The van der Waals surface area contributed by atoms with E-state index in [0.29, 0.717) is 5.75 Å². The number of rotatable bonds is 7. The Hall–Kier alpha value is -3.33. The molecule has 1 unspecified atom stereocenters. The number of nitrogens with zero attached hydrogens (tertiary/aromatic N) is 3. The molecule has 1 aromatic heterocycles. The van der Waals surface area contributed by atoms with Crippen molar-refractivity contribution in [1.82, 2.24) is 20.0 Å². The van der Waals surface area contributed by atoms with Crippen LogP contribution in [0, 0.1) is 6.92 Å². The van der Waals surface area contributed by atoms with Gasteiger partial charge in [-0.25, -0.2) is 4.68 Å². The largest absolute Gasteiger partial charge is 0.497 e. The second-order valence-corrected chi connectivity index (χ2v) is 8.40. The van der Waals surface area contributed by atoms with E-state index in [2.05, 4.69) is 15.3 Å². The van der Waals surface area contributed by atoms with Gasteiger partial charge in [-0.2, -0.15) is 18.3 Å². The van der Waals surface area contributed by atoms with Crippen molar-refractivity contribution in [3.05, 3.63) is 77.1 Å². The van der Waals surface area contributed by atoms with Gasteiger partial charge >= 0.3 is 6.18 Å². The van der Waals surface area contributed by atoms with Crippen LogP contribution in [-0.2, 0) is 6.18 Å². The Morgan fingerprint density at radius 3 is 2.50 bits per heavy atom. The number of nitrogens with one attached hydrogen (secondary N) is 1. The van der Waals surface area contributed by atoms with Crippen molar-refractivity contribution in [2.45, 2.75) is 32.0 Å². The van der Waals surface area contributed by atoms with Crippen LogP contribution in [0.25, 0.3) is 5.69 Å². The topological polar surface area (TPSA) is 59.4 Å². The molecule has 2 heterocycles. The van der Waals surface area contributed by atoms with E-state index in [0.717, 1.165) is 47.9 Å². The zero-order chi connectivity index (χ0) is 24.3. The molecule has 0 radical (unpaired) electrons. The Balaban J connectivity index is 1.60. The van der Waals surface area contributed by atoms with Crippen molar-refractivity contribution in [1.29, 1.82) is 0 Å². The number of hydrogen-bond acceptors (Lipinski definition) is 4. The standard InChI is InChI=1S/C25H27F3N4O2/c1-17-8-10-19(11-9-17)32-23(25(26,27)28)21(15-30-32)24(33)29-16-22(31-12-3-4-13-31)18-6-5-7-20(14-18)34-2/h5-11,14-15,22H,3-4,12-13,16H2,1-2H3,(H,29,33). The fourth-order valence-electron chi connectivity index (χ4n) is 4.31. The Bertz CT molecular complexity index is 1140. The third kappa shape index (κ3) is 5.09. The normalized spacial score (nSPS) is 15.3. The molecule has 34 heavy (non-hydrogen) atoms. The first-order valence-corrected chi connectivity index (χ1v) is 11.2. The number of alkyl halides is 3. The van der Waals surface area contributed by atoms with Gasteiger partial charge in [0.1, 0.15) is 5.75 Å². The number of carbonyl (C=O) groups excluding carboxylic acids is 1. The highest BCUT2D eigenvalue weighted by molar-refractivity contribution is 5.95. The van der Waals surface area contributed by atoms with Gasteiger partial charge in [0.05, 0.1) is 30.6 Å². The molecule has 1 aliphatic rings. The number of halogens is 3. The van der Waals surface area contributed by atoms with E-state index >= 15 is 0 Å². The number of benzene rings is 2. The van der Waals surface area contributed by atoms with Crippen molar-refractivity contribution >= 4 is 5.91 Å². The van der Waals surface area contributed by atoms with Crippen LogP contribution in [0.3, 0.4) is 0 Å². The molecule has 1 amide bonds. The van der Waals surface area contributed by atoms with Crippen LogP contribution in [0.15, 0.2) is 54.7 Å². The van der Waals surface area contributed by atoms with E-state index in [1.54, 1.807) is 31.4 Å². The molecule has 1 saturated heterocycles. The zero-order valence-corrected chi connectivity index (χ0v) is 19.1. The van der Waals surface area contributed by atoms with Crippen molar-refractivity contribution < 1.29 is 22.7 Å². The number of hydrogen-bond donors (Lipinski definition) is 1. The molecule has 0 bridgehead atoms. The lowest BCUT2D eigenvalue weighted by Gasteiger charge is -2.28. The molecule has 6 nitrogen and oxygen atoms in total. The fourth-order valence-corrected chi connectivity index (χ4v) is 4.31. The Morgan fingerprint density at radius 2 is 1.85 bits per heavy atom. The van der Waals surface area contributed by atoms with Gasteiger partial charge in [-0.05, 0) is 62.7 Å². The quantitative estimate of drug-likeness (QED) is 0.538. The maximum Gasteiger partial charge on any atom is 0.434 e. The van der Waals surface area contributed by atoms with Crippen LogP contribution in [-0.4, -0.2) is 47.3 Å². The average Bonchev–Trinajstić information content (AvgIpc) is 3.50. The van der Waals surface area contributed by atoms with Gasteiger partial charge in [-0.3, -0.25) is 9.69 Å². The van der Waals surface area contributed by atoms with E-state index in [1.165, 1.54) is 0 Å². The molecule has 1 aliphatic heterocycles. The predicted octanol–water partition coefficient (Wildman–Crippen LogP) is 4.78. The predicted molar refractivity (Wildman–Crippen MR) is 122 cm³/mol. The van der Waals surface area contributed by atoms with Crippen molar-refractivity contribution in [3.63, 3.8) is 0 Å². The molecule has 0 saturated carbocycles. The molecule has 3 aromatic rings. The first kappa shape index (κ1) is 23.8. The summed E-state index contributed by atoms with van der Waals surface area (Å²) in [6, 6.07) is 13.8. The van der Waals surface area contributed by atoms with Gasteiger partial charge in [-0.1, -0.05) is 29.8 Å². The monoisotopic (exact) mass is 472 g/mol. The second-order valence-electron chi connectivity index (χ2n) is 8.40. The maximum absolute atomic E-state index is 14.0. The Kier molecular flexibility index (Phi) is 6.92. The van der Waals surface area contributed by atoms with Gasteiger partial charge in [0.15, 0.2) is 5.69 Å². The third-order valence-corrected chi connectivity index (χ3v) is 6.08. The molecule has 1 N–H and O–H groups in total. The third-order valence-electron chi connectivity index (χ3n) is 6.08. The lowest BCUT2D eigenvalue weighted by Crippen LogP contribution is -2.37. The first-order chi connectivity index (χ1) is 16.3. The van der Waals surface area contributed by atoms with Crippen molar-refractivity contribution in [3.8, 4) is 11.4 Å². The first-order valence-electron chi connectivity index (χ1n) is 11.2. The smallest absolute Gasteiger partial charge is 0.434 e. The number of likely N-dealkylation sites (tertiary alicyclic amines) is 1. The highest BCUT2D eigenvalue weighted by Gasteiger charge is 2.40. The lowest BCUT2D eigenvalue weighted by molar-refractivity contribution is -0.143. The summed E-state index contributed by atoms with van der Waals surface area (Å²) in [7, 11) is 1.58. The summed E-state index contributed by atoms with van der Waals surface area (Å²) in [5.41, 5.74) is 0.496. The van der Waals surface area contributed by atoms with Crippen molar-refractivity contribution in [2.24, 2.45) is 0 Å². The van der Waals surface area contributed by atoms with E-state index in [9.17, 15) is 18.0 Å². The number of aromatic nitrogens is 2. The molecule has 1 fully saturated rings. The molecular weight excluding hydrogens is 445 g/mol. The second kappa shape index (κ2) is 9.89. The van der Waals surface area contributed by atoms with E-state index < -0.39 is 23.3 Å². The number of ether oxygens (including phenoxy) is 1. The zero-order valence-electron chi connectivity index (χ0n) is 19.1. The summed E-state index contributed by atoms with van der Waals surface area (Å²) in [6.45, 7) is 3.72. The minimum Gasteiger partial charge on any atom is -0.497 e. The van der Waals surface area contributed by atoms with Crippen LogP contribution < -0.4 is 10.1 Å². The Morgan fingerprint density at radius 1 is 1.15 bits per heavy atom. The van der Waals surface area contributed by atoms with E-state index in [4.69, 9.17) is 4.74 Å². The SMILES string of the molecule is COc1cccc(C(CNC(=O)c2cnn(-c3ccc(C)cc3)c2C(F)(F)F)N2CCCC2)c1. The highest BCUT2D eigenvalue weighted by atomic mass is 19.4. The van der Waals surface area contributed by atoms with Gasteiger partial charge in [0.2, 0.25) is 0 Å². The molecular formula is C25H27F3N4O2. The Labute approximate surface area is 196 Å². The summed E-state index contributed by atoms with van der Waals surface area (Å²) < 4.78 is 48.1. The number of aryl methyl sites for hydroxylation is 1. The number of amides is 1. The molecule has 1 atom stereocenters. The molecule has 0 aliphatic carbocycles. The summed E-state index contributed by atoms with van der Waals surface area (Å²) in [5, 5.41) is 6.62. The molecule has 0 spiro atoms. The van der Waals surface area contributed by atoms with Crippen molar-refractivity contribution in [2.75, 3.05) is 26.7 Å². The lowest BCUT2D eigenvalue weighted by atomic mass is 10.0. The maximum atomic E-state index is 14.0. The minimum atomic E-state index is -4.75. The fraction of sp³-hybridized carbons (Fsp3) is 0.360. The molecule has 2 aromatic carbocycles. The van der Waals surface area contributed by atoms with Crippen LogP contribution in [0.2, 0.25) is 0 Å². The number of methoxy groups -OCH3 is 1. The molecule has 4 rings (SSSR count). The summed E-state index contributed by atoms with van der Waals surface area (Å²) >= 11 is 0. The summed E-state index contributed by atoms with van der Waals surface area (Å²) in [6.07, 6.45) is -1.70. The van der Waals surface area contributed by atoms with Gasteiger partial charge in [0, 0.05) is 6.54 Å². The van der Waals surface area contributed by atoms with E-state index in [1.807, 2.05) is 31.2 Å². The average molecular weight is 473 g/mol. The number of carbonyl (C=O) groups is 1. The van der Waals surface area contributed by atoms with Gasteiger partial charge in [0.25, 0.3) is 5.91 Å². The van der Waals surface area contributed by atoms with Crippen LogP contribution in [0.1, 0.15) is 46.1 Å². The highest BCUT2D eigenvalue weighted by Crippen LogP contribution is 2.34. The summed E-state index contributed by atoms with van der Waals surface area (Å²) in [5.74, 6) is -0.121. The van der Waals surface area contributed by atoms with Gasteiger partial charge in [-0.15, -0.1) is 0 Å². The molecule has 9 heteroatoms. The van der Waals surface area contributed by atoms with Crippen LogP contribution in [0.4, 0.5) is 13.2 Å². The molecule has 180 valence electrons. The van der Waals surface area contributed by atoms with Crippen LogP contribution in [0.5, 0.6) is 5.75 Å². The van der Waals surface area contributed by atoms with Crippen LogP contribution >= 0.6 is 0 Å². The minimum absolute atomic E-state index is 0.166.